The van der Waals surface area contributed by atoms with Crippen LogP contribution >= 0.6 is 12.4 Å². The Hall–Kier alpha value is 0.210. The van der Waals surface area contributed by atoms with E-state index in [9.17, 15) is 0 Å². The Labute approximate surface area is 87.8 Å². The van der Waals surface area contributed by atoms with Gasteiger partial charge in [-0.3, -0.25) is 0 Å². The number of rotatable bonds is 5. The van der Waals surface area contributed by atoms with Gasteiger partial charge < -0.3 is 10.1 Å². The zero-order valence-corrected chi connectivity index (χ0v) is 9.58. The van der Waals surface area contributed by atoms with Gasteiger partial charge >= 0.3 is 0 Å². The first-order valence-electron chi connectivity index (χ1n) is 5.05. The number of nitrogens with one attached hydrogen (secondary N) is 1. The van der Waals surface area contributed by atoms with E-state index in [0.29, 0.717) is 5.41 Å². The molecule has 1 rings (SSSR count). The zero-order valence-electron chi connectivity index (χ0n) is 8.77. The summed E-state index contributed by atoms with van der Waals surface area (Å²) in [6.45, 7) is 4.99. The molecular formula is C10H22ClNO. The molecule has 80 valence electrons. The van der Waals surface area contributed by atoms with Crippen LogP contribution in [-0.4, -0.2) is 26.8 Å². The molecule has 1 aliphatic rings. The average Bonchev–Trinajstić information content (AvgIpc) is 2.51. The molecule has 0 saturated heterocycles. The smallest absolute Gasteiger partial charge is 0.0534 e. The topological polar surface area (TPSA) is 21.3 Å². The van der Waals surface area contributed by atoms with Crippen molar-refractivity contribution in [3.05, 3.63) is 0 Å². The average molecular weight is 208 g/mol. The quantitative estimate of drug-likeness (QED) is 0.747. The van der Waals surface area contributed by atoms with E-state index in [2.05, 4.69) is 12.2 Å². The Morgan fingerprint density at radius 1 is 1.31 bits per heavy atom. The Balaban J connectivity index is 0.00000144. The van der Waals surface area contributed by atoms with Crippen LogP contribution in [0.4, 0.5) is 0 Å². The van der Waals surface area contributed by atoms with E-state index >= 15 is 0 Å². The van der Waals surface area contributed by atoms with E-state index < -0.39 is 0 Å². The van der Waals surface area contributed by atoms with Gasteiger partial charge in [-0.05, 0) is 26.8 Å². The molecule has 3 heteroatoms. The van der Waals surface area contributed by atoms with Crippen LogP contribution in [0.15, 0.2) is 0 Å². The van der Waals surface area contributed by atoms with E-state index in [-0.39, 0.29) is 12.4 Å². The molecular weight excluding hydrogens is 186 g/mol. The highest BCUT2D eigenvalue weighted by atomic mass is 35.5. The Morgan fingerprint density at radius 3 is 2.38 bits per heavy atom. The molecule has 13 heavy (non-hydrogen) atoms. The van der Waals surface area contributed by atoms with Gasteiger partial charge in [0, 0.05) is 18.6 Å². The second-order valence-electron chi connectivity index (χ2n) is 3.87. The molecule has 0 spiro atoms. The summed E-state index contributed by atoms with van der Waals surface area (Å²) in [6.07, 6.45) is 5.45. The lowest BCUT2D eigenvalue weighted by Crippen LogP contribution is -2.34. The molecule has 0 aromatic rings. The highest BCUT2D eigenvalue weighted by Crippen LogP contribution is 2.37. The summed E-state index contributed by atoms with van der Waals surface area (Å²) in [7, 11) is 2.03. The third-order valence-electron chi connectivity index (χ3n) is 2.83. The minimum Gasteiger partial charge on any atom is -0.381 e. The molecule has 1 aliphatic carbocycles. The molecule has 0 aliphatic heterocycles. The molecule has 0 radical (unpaired) electrons. The molecule has 0 unspecified atom stereocenters. The summed E-state index contributed by atoms with van der Waals surface area (Å²) in [4.78, 5) is 0. The molecule has 1 fully saturated rings. The lowest BCUT2D eigenvalue weighted by atomic mass is 9.87. The molecule has 1 saturated carbocycles. The first-order valence-corrected chi connectivity index (χ1v) is 5.05. The van der Waals surface area contributed by atoms with Crippen molar-refractivity contribution in [1.82, 2.24) is 5.32 Å². The van der Waals surface area contributed by atoms with E-state index in [1.165, 1.54) is 25.7 Å². The van der Waals surface area contributed by atoms with E-state index in [1.54, 1.807) is 0 Å². The lowest BCUT2D eigenvalue weighted by Gasteiger charge is -2.28. The molecule has 0 aromatic heterocycles. The third kappa shape index (κ3) is 3.84. The van der Waals surface area contributed by atoms with Crippen LogP contribution in [0.2, 0.25) is 0 Å². The van der Waals surface area contributed by atoms with Crippen molar-refractivity contribution in [1.29, 1.82) is 0 Å². The highest BCUT2D eigenvalue weighted by molar-refractivity contribution is 5.85. The zero-order chi connectivity index (χ0) is 8.86. The van der Waals surface area contributed by atoms with Crippen LogP contribution in [0.3, 0.4) is 0 Å². The maximum Gasteiger partial charge on any atom is 0.0534 e. The third-order valence-corrected chi connectivity index (χ3v) is 2.83. The van der Waals surface area contributed by atoms with Gasteiger partial charge in [-0.1, -0.05) is 12.8 Å². The second kappa shape index (κ2) is 6.63. The van der Waals surface area contributed by atoms with Crippen molar-refractivity contribution in [2.24, 2.45) is 5.41 Å². The molecule has 0 aromatic carbocycles. The normalized spacial score (nSPS) is 19.8. The van der Waals surface area contributed by atoms with Crippen LogP contribution in [0.5, 0.6) is 0 Å². The van der Waals surface area contributed by atoms with E-state index in [4.69, 9.17) is 4.74 Å². The van der Waals surface area contributed by atoms with E-state index in [0.717, 1.165) is 19.8 Å². The molecule has 0 bridgehead atoms. The fraction of sp³-hybridized carbons (Fsp3) is 1.00. The van der Waals surface area contributed by atoms with Crippen LogP contribution in [0.25, 0.3) is 0 Å². The first-order chi connectivity index (χ1) is 5.83. The summed E-state index contributed by atoms with van der Waals surface area (Å²) in [5.74, 6) is 0. The van der Waals surface area contributed by atoms with Gasteiger partial charge in [-0.2, -0.15) is 0 Å². The van der Waals surface area contributed by atoms with Gasteiger partial charge in [0.05, 0.1) is 6.61 Å². The van der Waals surface area contributed by atoms with Crippen molar-refractivity contribution < 1.29 is 4.74 Å². The maximum atomic E-state index is 5.53. The molecule has 1 N–H and O–H groups in total. The summed E-state index contributed by atoms with van der Waals surface area (Å²) >= 11 is 0. The van der Waals surface area contributed by atoms with Crippen molar-refractivity contribution in [3.8, 4) is 0 Å². The number of halogens is 1. The standard InChI is InChI=1S/C10H21NO.ClH/c1-3-12-9-10(8-11-2)6-4-5-7-10;/h11H,3-9H2,1-2H3;1H. The summed E-state index contributed by atoms with van der Waals surface area (Å²) < 4.78 is 5.53. The largest absolute Gasteiger partial charge is 0.381 e. The Morgan fingerprint density at radius 2 is 1.92 bits per heavy atom. The second-order valence-corrected chi connectivity index (χ2v) is 3.87. The van der Waals surface area contributed by atoms with Crippen LogP contribution in [0.1, 0.15) is 32.6 Å². The van der Waals surface area contributed by atoms with Crippen LogP contribution in [0, 0.1) is 5.41 Å². The van der Waals surface area contributed by atoms with Gasteiger partial charge in [-0.15, -0.1) is 12.4 Å². The van der Waals surface area contributed by atoms with Gasteiger partial charge in [0.25, 0.3) is 0 Å². The number of ether oxygens (including phenoxy) is 1. The van der Waals surface area contributed by atoms with Crippen molar-refractivity contribution in [3.63, 3.8) is 0 Å². The Kier molecular flexibility index (Phi) is 6.74. The maximum absolute atomic E-state index is 5.53. The Bertz CT molecular complexity index is 124. The first kappa shape index (κ1) is 13.2. The van der Waals surface area contributed by atoms with Crippen LogP contribution < -0.4 is 5.32 Å². The molecule has 0 amide bonds. The van der Waals surface area contributed by atoms with Crippen LogP contribution in [-0.2, 0) is 4.74 Å². The monoisotopic (exact) mass is 207 g/mol. The van der Waals surface area contributed by atoms with Crippen molar-refractivity contribution >= 4 is 12.4 Å². The molecule has 2 nitrogen and oxygen atoms in total. The van der Waals surface area contributed by atoms with Crippen molar-refractivity contribution in [2.45, 2.75) is 32.6 Å². The van der Waals surface area contributed by atoms with Gasteiger partial charge in [0.2, 0.25) is 0 Å². The molecule has 0 atom stereocenters. The van der Waals surface area contributed by atoms with Crippen molar-refractivity contribution in [2.75, 3.05) is 26.8 Å². The SMILES string of the molecule is CCOCC1(CNC)CCCC1.Cl. The van der Waals surface area contributed by atoms with Gasteiger partial charge in [0.15, 0.2) is 0 Å². The highest BCUT2D eigenvalue weighted by Gasteiger charge is 2.33. The number of hydrogen-bond donors (Lipinski definition) is 1. The molecule has 0 heterocycles. The van der Waals surface area contributed by atoms with E-state index in [1.807, 2.05) is 7.05 Å². The summed E-state index contributed by atoms with van der Waals surface area (Å²) in [6, 6.07) is 0. The lowest BCUT2D eigenvalue weighted by molar-refractivity contribution is 0.0547. The fourth-order valence-corrected chi connectivity index (χ4v) is 2.19. The predicted octanol–water partition coefficient (Wildman–Crippen LogP) is 2.22. The summed E-state index contributed by atoms with van der Waals surface area (Å²) in [5.41, 5.74) is 0.463. The fourth-order valence-electron chi connectivity index (χ4n) is 2.19. The van der Waals surface area contributed by atoms with Gasteiger partial charge in [0.1, 0.15) is 0 Å². The minimum atomic E-state index is 0. The van der Waals surface area contributed by atoms with Gasteiger partial charge in [-0.25, -0.2) is 0 Å². The number of hydrogen-bond acceptors (Lipinski definition) is 2. The minimum absolute atomic E-state index is 0. The summed E-state index contributed by atoms with van der Waals surface area (Å²) in [5, 5.41) is 3.28. The predicted molar refractivity (Wildman–Crippen MR) is 58.6 cm³/mol.